The summed E-state index contributed by atoms with van der Waals surface area (Å²) in [5, 5.41) is 0. The topological polar surface area (TPSA) is 46.6 Å². The molecule has 19 heavy (non-hydrogen) atoms. The molecule has 1 atom stereocenters. The largest absolute Gasteiger partial charge is 0.469 e. The SMILES string of the molecule is COC(=O)C(C)CN(C)C(=O)C=Cc1ccc(C)s1. The van der Waals surface area contributed by atoms with Crippen molar-refractivity contribution >= 4 is 29.3 Å². The molecule has 104 valence electrons. The Labute approximate surface area is 117 Å². The Morgan fingerprint density at radius 1 is 1.47 bits per heavy atom. The van der Waals surface area contributed by atoms with Gasteiger partial charge in [-0.3, -0.25) is 9.59 Å². The Bertz CT molecular complexity index is 479. The number of likely N-dealkylation sites (N-methyl/N-ethyl adjacent to an activating group) is 1. The van der Waals surface area contributed by atoms with Crippen LogP contribution in [0.2, 0.25) is 0 Å². The number of amides is 1. The first kappa shape index (κ1) is 15.4. The number of hydrogen-bond acceptors (Lipinski definition) is 4. The van der Waals surface area contributed by atoms with Crippen LogP contribution in [0, 0.1) is 12.8 Å². The maximum atomic E-state index is 11.9. The van der Waals surface area contributed by atoms with Crippen molar-refractivity contribution in [2.24, 2.45) is 5.92 Å². The summed E-state index contributed by atoms with van der Waals surface area (Å²) in [4.78, 5) is 26.9. The molecular formula is C14H19NO3S. The molecule has 5 heteroatoms. The van der Waals surface area contributed by atoms with E-state index < -0.39 is 0 Å². The first-order valence-corrected chi connectivity index (χ1v) is 6.83. The van der Waals surface area contributed by atoms with Gasteiger partial charge in [0, 0.05) is 29.4 Å². The fourth-order valence-corrected chi connectivity index (χ4v) is 2.38. The summed E-state index contributed by atoms with van der Waals surface area (Å²) in [6.07, 6.45) is 3.31. The molecule has 0 aliphatic heterocycles. The highest BCUT2D eigenvalue weighted by molar-refractivity contribution is 7.12. The zero-order valence-corrected chi connectivity index (χ0v) is 12.5. The summed E-state index contributed by atoms with van der Waals surface area (Å²) in [6.45, 7) is 4.11. The van der Waals surface area contributed by atoms with E-state index >= 15 is 0 Å². The predicted octanol–water partition coefficient (Wildman–Crippen LogP) is 2.34. The van der Waals surface area contributed by atoms with Gasteiger partial charge in [0.05, 0.1) is 13.0 Å². The number of aryl methyl sites for hydroxylation is 1. The van der Waals surface area contributed by atoms with Crippen LogP contribution in [0.25, 0.3) is 6.08 Å². The number of rotatable bonds is 5. The maximum absolute atomic E-state index is 11.9. The number of ether oxygens (including phenoxy) is 1. The monoisotopic (exact) mass is 281 g/mol. The Morgan fingerprint density at radius 3 is 2.68 bits per heavy atom. The summed E-state index contributed by atoms with van der Waals surface area (Å²) >= 11 is 1.63. The average molecular weight is 281 g/mol. The highest BCUT2D eigenvalue weighted by Gasteiger charge is 2.17. The number of esters is 1. The van der Waals surface area contributed by atoms with Crippen molar-refractivity contribution in [1.82, 2.24) is 4.90 Å². The lowest BCUT2D eigenvalue weighted by Gasteiger charge is -2.18. The van der Waals surface area contributed by atoms with Crippen molar-refractivity contribution in [2.45, 2.75) is 13.8 Å². The van der Waals surface area contributed by atoms with E-state index in [1.54, 1.807) is 31.4 Å². The standard InChI is InChI=1S/C14H19NO3S/c1-10(14(17)18-4)9-15(3)13(16)8-7-12-6-5-11(2)19-12/h5-8,10H,9H2,1-4H3. The molecule has 1 rings (SSSR count). The number of methoxy groups -OCH3 is 1. The van der Waals surface area contributed by atoms with E-state index in [9.17, 15) is 9.59 Å². The smallest absolute Gasteiger partial charge is 0.310 e. The molecule has 0 spiro atoms. The third-order valence-corrected chi connectivity index (χ3v) is 3.64. The lowest BCUT2D eigenvalue weighted by molar-refractivity contribution is -0.145. The second-order valence-electron chi connectivity index (χ2n) is 4.42. The Balaban J connectivity index is 2.53. The van der Waals surface area contributed by atoms with Crippen molar-refractivity contribution in [3.05, 3.63) is 28.0 Å². The van der Waals surface area contributed by atoms with Gasteiger partial charge in [0.1, 0.15) is 0 Å². The van der Waals surface area contributed by atoms with Crippen LogP contribution in [0.4, 0.5) is 0 Å². The van der Waals surface area contributed by atoms with Gasteiger partial charge in [0.15, 0.2) is 0 Å². The predicted molar refractivity (Wildman–Crippen MR) is 76.9 cm³/mol. The van der Waals surface area contributed by atoms with Gasteiger partial charge in [0.25, 0.3) is 0 Å². The summed E-state index contributed by atoms with van der Waals surface area (Å²) in [6, 6.07) is 3.98. The van der Waals surface area contributed by atoms with Gasteiger partial charge in [0.2, 0.25) is 5.91 Å². The average Bonchev–Trinajstić information content (AvgIpc) is 2.80. The minimum absolute atomic E-state index is 0.123. The molecule has 1 amide bonds. The van der Waals surface area contributed by atoms with Crippen LogP contribution in [0.3, 0.4) is 0 Å². The van der Waals surface area contributed by atoms with E-state index in [1.165, 1.54) is 23.0 Å². The van der Waals surface area contributed by atoms with Crippen molar-refractivity contribution in [3.63, 3.8) is 0 Å². The van der Waals surface area contributed by atoms with Crippen LogP contribution in [-0.4, -0.2) is 37.5 Å². The third kappa shape index (κ3) is 4.87. The molecule has 0 bridgehead atoms. The van der Waals surface area contributed by atoms with Gasteiger partial charge in [-0.15, -0.1) is 11.3 Å². The van der Waals surface area contributed by atoms with E-state index in [4.69, 9.17) is 0 Å². The number of thiophene rings is 1. The van der Waals surface area contributed by atoms with Crippen LogP contribution in [0.1, 0.15) is 16.7 Å². The van der Waals surface area contributed by atoms with E-state index in [2.05, 4.69) is 4.74 Å². The number of nitrogens with zero attached hydrogens (tertiary/aromatic N) is 1. The fourth-order valence-electron chi connectivity index (χ4n) is 1.60. The highest BCUT2D eigenvalue weighted by atomic mass is 32.1. The zero-order chi connectivity index (χ0) is 14.4. The first-order chi connectivity index (χ1) is 8.93. The Kier molecular flexibility index (Phi) is 5.76. The van der Waals surface area contributed by atoms with Crippen molar-refractivity contribution in [2.75, 3.05) is 20.7 Å². The molecule has 0 N–H and O–H groups in total. The van der Waals surface area contributed by atoms with Gasteiger partial charge in [-0.2, -0.15) is 0 Å². The van der Waals surface area contributed by atoms with Gasteiger partial charge in [-0.25, -0.2) is 0 Å². The fraction of sp³-hybridized carbons (Fsp3) is 0.429. The molecule has 0 aromatic carbocycles. The quantitative estimate of drug-likeness (QED) is 0.615. The lowest BCUT2D eigenvalue weighted by Crippen LogP contribution is -2.33. The van der Waals surface area contributed by atoms with Crippen LogP contribution >= 0.6 is 11.3 Å². The lowest BCUT2D eigenvalue weighted by atomic mass is 10.2. The molecule has 1 heterocycles. The molecule has 1 unspecified atom stereocenters. The van der Waals surface area contributed by atoms with E-state index in [1.807, 2.05) is 19.1 Å². The van der Waals surface area contributed by atoms with Crippen molar-refractivity contribution < 1.29 is 14.3 Å². The first-order valence-electron chi connectivity index (χ1n) is 6.01. The summed E-state index contributed by atoms with van der Waals surface area (Å²) in [7, 11) is 3.02. The normalized spacial score (nSPS) is 12.4. The molecule has 0 saturated heterocycles. The number of carbonyl (C=O) groups is 2. The van der Waals surface area contributed by atoms with E-state index in [0.29, 0.717) is 6.54 Å². The number of hydrogen-bond donors (Lipinski definition) is 0. The van der Waals surface area contributed by atoms with E-state index in [0.717, 1.165) is 4.88 Å². The van der Waals surface area contributed by atoms with Crippen molar-refractivity contribution in [3.8, 4) is 0 Å². The molecular weight excluding hydrogens is 262 g/mol. The van der Waals surface area contributed by atoms with E-state index in [-0.39, 0.29) is 17.8 Å². The minimum Gasteiger partial charge on any atom is -0.469 e. The van der Waals surface area contributed by atoms with Gasteiger partial charge >= 0.3 is 5.97 Å². The second-order valence-corrected chi connectivity index (χ2v) is 5.74. The van der Waals surface area contributed by atoms with Gasteiger partial charge < -0.3 is 9.64 Å². The van der Waals surface area contributed by atoms with Crippen LogP contribution in [0.5, 0.6) is 0 Å². The molecule has 4 nitrogen and oxygen atoms in total. The van der Waals surface area contributed by atoms with Crippen molar-refractivity contribution in [1.29, 1.82) is 0 Å². The molecule has 0 aliphatic carbocycles. The number of carbonyl (C=O) groups excluding carboxylic acids is 2. The Hall–Kier alpha value is -1.62. The van der Waals surface area contributed by atoms with Gasteiger partial charge in [-0.05, 0) is 25.1 Å². The zero-order valence-electron chi connectivity index (χ0n) is 11.7. The maximum Gasteiger partial charge on any atom is 0.310 e. The molecule has 0 saturated carbocycles. The summed E-state index contributed by atoms with van der Waals surface area (Å²) in [5.41, 5.74) is 0. The molecule has 1 aromatic heterocycles. The third-order valence-electron chi connectivity index (χ3n) is 2.68. The minimum atomic E-state index is -0.323. The molecule has 0 aliphatic rings. The molecule has 1 aromatic rings. The summed E-state index contributed by atoms with van der Waals surface area (Å²) in [5.74, 6) is -0.754. The van der Waals surface area contributed by atoms with Crippen LogP contribution in [0.15, 0.2) is 18.2 Å². The Morgan fingerprint density at radius 2 is 2.16 bits per heavy atom. The summed E-state index contributed by atoms with van der Waals surface area (Å²) < 4.78 is 4.63. The highest BCUT2D eigenvalue weighted by Crippen LogP contribution is 2.16. The molecule has 0 fully saturated rings. The van der Waals surface area contributed by atoms with Crippen LogP contribution < -0.4 is 0 Å². The second kappa shape index (κ2) is 7.09. The molecule has 0 radical (unpaired) electrons. The van der Waals surface area contributed by atoms with Gasteiger partial charge in [-0.1, -0.05) is 6.92 Å². The van der Waals surface area contributed by atoms with Crippen LogP contribution in [-0.2, 0) is 14.3 Å².